The van der Waals surface area contributed by atoms with Gasteiger partial charge in [0.2, 0.25) is 10.0 Å². The Balaban J connectivity index is 1.75. The summed E-state index contributed by atoms with van der Waals surface area (Å²) in [7, 11) is -3.35. The Hall–Kier alpha value is -2.59. The van der Waals surface area contributed by atoms with Crippen LogP contribution in [0.15, 0.2) is 12.1 Å². The molecular formula is C19H23FN6O2S. The van der Waals surface area contributed by atoms with Crippen molar-refractivity contribution in [1.29, 1.82) is 0 Å². The van der Waals surface area contributed by atoms with Gasteiger partial charge in [-0.15, -0.1) is 0 Å². The standard InChI is InChI=1S/C19H23FN6O2S/c1-11-8-12-4-3-5-13(12)9-14(11)10-15-23-16-17(21)24-19(20)25-18(16)26(15)7-6-22-29(2,27)28/h8-9,22H,3-7,10H2,1-2H3,(H2,21,24,25). The second-order valence-electron chi connectivity index (χ2n) is 7.47. The maximum absolute atomic E-state index is 13.8. The maximum atomic E-state index is 13.8. The zero-order valence-corrected chi connectivity index (χ0v) is 17.2. The minimum Gasteiger partial charge on any atom is -0.382 e. The lowest BCUT2D eigenvalue weighted by molar-refractivity contribution is 0.540. The van der Waals surface area contributed by atoms with Crippen LogP contribution in [0.25, 0.3) is 11.2 Å². The molecule has 10 heteroatoms. The molecule has 154 valence electrons. The van der Waals surface area contributed by atoms with E-state index in [9.17, 15) is 12.8 Å². The normalized spacial score (nSPS) is 13.9. The monoisotopic (exact) mass is 418 g/mol. The molecule has 2 aromatic heterocycles. The van der Waals surface area contributed by atoms with Crippen molar-refractivity contribution >= 4 is 27.0 Å². The van der Waals surface area contributed by atoms with Gasteiger partial charge in [0.1, 0.15) is 5.82 Å². The van der Waals surface area contributed by atoms with Crippen LogP contribution >= 0.6 is 0 Å². The first-order valence-corrected chi connectivity index (χ1v) is 11.3. The van der Waals surface area contributed by atoms with E-state index in [1.54, 1.807) is 4.57 Å². The average Bonchev–Trinajstić information content (AvgIpc) is 3.19. The van der Waals surface area contributed by atoms with Crippen molar-refractivity contribution in [3.8, 4) is 0 Å². The molecule has 1 aromatic carbocycles. The first-order chi connectivity index (χ1) is 13.7. The van der Waals surface area contributed by atoms with Gasteiger partial charge in [-0.05, 0) is 48.4 Å². The number of anilines is 1. The number of rotatable bonds is 6. The van der Waals surface area contributed by atoms with Gasteiger partial charge in [-0.1, -0.05) is 12.1 Å². The molecule has 0 saturated carbocycles. The number of nitrogens with two attached hydrogens (primary N) is 1. The van der Waals surface area contributed by atoms with Gasteiger partial charge in [0.25, 0.3) is 0 Å². The number of nitrogen functional groups attached to an aromatic ring is 1. The number of fused-ring (bicyclic) bond motifs is 2. The molecule has 0 amide bonds. The number of halogens is 1. The summed E-state index contributed by atoms with van der Waals surface area (Å²) in [5.41, 5.74) is 11.5. The van der Waals surface area contributed by atoms with E-state index in [0.717, 1.165) is 24.7 Å². The Morgan fingerprint density at radius 2 is 1.93 bits per heavy atom. The molecule has 0 bridgehead atoms. The Labute approximate surface area is 168 Å². The molecule has 0 spiro atoms. The Morgan fingerprint density at radius 3 is 2.66 bits per heavy atom. The van der Waals surface area contributed by atoms with Gasteiger partial charge in [0, 0.05) is 19.5 Å². The van der Waals surface area contributed by atoms with Crippen LogP contribution in [0.2, 0.25) is 0 Å². The van der Waals surface area contributed by atoms with Crippen molar-refractivity contribution in [3.05, 3.63) is 46.3 Å². The summed E-state index contributed by atoms with van der Waals surface area (Å²) in [5, 5.41) is 0. The van der Waals surface area contributed by atoms with Crippen LogP contribution in [-0.4, -0.2) is 40.7 Å². The summed E-state index contributed by atoms with van der Waals surface area (Å²) >= 11 is 0. The van der Waals surface area contributed by atoms with Gasteiger partial charge in [-0.3, -0.25) is 0 Å². The summed E-state index contributed by atoms with van der Waals surface area (Å²) in [6.07, 6.45) is 4.01. The average molecular weight is 418 g/mol. The fourth-order valence-electron chi connectivity index (χ4n) is 3.91. The second kappa shape index (κ2) is 7.34. The van der Waals surface area contributed by atoms with Crippen molar-refractivity contribution in [2.75, 3.05) is 18.5 Å². The highest BCUT2D eigenvalue weighted by Crippen LogP contribution is 2.28. The molecule has 4 rings (SSSR count). The van der Waals surface area contributed by atoms with Crippen molar-refractivity contribution in [3.63, 3.8) is 0 Å². The predicted octanol–water partition coefficient (Wildman–Crippen LogP) is 1.48. The lowest BCUT2D eigenvalue weighted by Gasteiger charge is -2.12. The molecule has 8 nitrogen and oxygen atoms in total. The Kier molecular flexibility index (Phi) is 4.99. The Morgan fingerprint density at radius 1 is 1.21 bits per heavy atom. The van der Waals surface area contributed by atoms with E-state index in [1.165, 1.54) is 23.1 Å². The number of imidazole rings is 1. The third-order valence-electron chi connectivity index (χ3n) is 5.27. The zero-order valence-electron chi connectivity index (χ0n) is 16.4. The van der Waals surface area contributed by atoms with E-state index >= 15 is 0 Å². The van der Waals surface area contributed by atoms with Gasteiger partial charge in [0.15, 0.2) is 17.0 Å². The predicted molar refractivity (Wildman–Crippen MR) is 109 cm³/mol. The number of aryl methyl sites for hydroxylation is 3. The molecule has 0 aliphatic heterocycles. The van der Waals surface area contributed by atoms with Gasteiger partial charge in [0.05, 0.1) is 6.26 Å². The molecule has 0 atom stereocenters. The first-order valence-electron chi connectivity index (χ1n) is 9.45. The van der Waals surface area contributed by atoms with Gasteiger partial charge in [-0.25, -0.2) is 18.1 Å². The van der Waals surface area contributed by atoms with Crippen LogP contribution in [0.3, 0.4) is 0 Å². The van der Waals surface area contributed by atoms with Crippen LogP contribution in [-0.2, 0) is 35.8 Å². The van der Waals surface area contributed by atoms with E-state index < -0.39 is 16.1 Å². The molecule has 1 aliphatic carbocycles. The summed E-state index contributed by atoms with van der Waals surface area (Å²) in [6.45, 7) is 2.45. The number of aromatic nitrogens is 4. The third-order valence-corrected chi connectivity index (χ3v) is 6.00. The molecule has 29 heavy (non-hydrogen) atoms. The Bertz CT molecular complexity index is 1210. The lowest BCUT2D eigenvalue weighted by Crippen LogP contribution is -2.26. The number of hydrogen-bond donors (Lipinski definition) is 2. The number of nitrogens with one attached hydrogen (secondary N) is 1. The van der Waals surface area contributed by atoms with Crippen molar-refractivity contribution in [2.24, 2.45) is 0 Å². The first kappa shape index (κ1) is 19.7. The van der Waals surface area contributed by atoms with Gasteiger partial charge in [-0.2, -0.15) is 14.4 Å². The molecule has 2 heterocycles. The van der Waals surface area contributed by atoms with Crippen LogP contribution in [0.5, 0.6) is 0 Å². The van der Waals surface area contributed by atoms with Crippen LogP contribution in [0.4, 0.5) is 10.2 Å². The van der Waals surface area contributed by atoms with Gasteiger partial charge < -0.3 is 10.3 Å². The topological polar surface area (TPSA) is 116 Å². The lowest BCUT2D eigenvalue weighted by atomic mass is 9.98. The SMILES string of the molecule is Cc1cc2c(cc1Cc1nc3c(N)nc(F)nc3n1CCNS(C)(=O)=O)CCC2. The molecule has 0 saturated heterocycles. The van der Waals surface area contributed by atoms with Crippen molar-refractivity contribution < 1.29 is 12.8 Å². The molecule has 3 N–H and O–H groups in total. The highest BCUT2D eigenvalue weighted by atomic mass is 32.2. The van der Waals surface area contributed by atoms with Crippen molar-refractivity contribution in [1.82, 2.24) is 24.2 Å². The van der Waals surface area contributed by atoms with Crippen LogP contribution in [0, 0.1) is 13.0 Å². The van der Waals surface area contributed by atoms with E-state index in [1.807, 2.05) is 0 Å². The third kappa shape index (κ3) is 4.08. The minimum atomic E-state index is -3.35. The number of hydrogen-bond acceptors (Lipinski definition) is 6. The number of nitrogens with zero attached hydrogens (tertiary/aromatic N) is 4. The number of benzene rings is 1. The number of sulfonamides is 1. The van der Waals surface area contributed by atoms with Crippen molar-refractivity contribution in [2.45, 2.75) is 39.2 Å². The molecule has 0 radical (unpaired) electrons. The fourth-order valence-corrected chi connectivity index (χ4v) is 4.37. The largest absolute Gasteiger partial charge is 0.382 e. The minimum absolute atomic E-state index is 0.0331. The summed E-state index contributed by atoms with van der Waals surface area (Å²) in [6, 6.07) is 4.44. The second-order valence-corrected chi connectivity index (χ2v) is 9.31. The van der Waals surface area contributed by atoms with Crippen LogP contribution in [0.1, 0.15) is 34.5 Å². The van der Waals surface area contributed by atoms with Crippen LogP contribution < -0.4 is 10.5 Å². The highest BCUT2D eigenvalue weighted by molar-refractivity contribution is 7.88. The van der Waals surface area contributed by atoms with E-state index in [-0.39, 0.29) is 24.6 Å². The molecule has 1 aliphatic rings. The maximum Gasteiger partial charge on any atom is 0.312 e. The smallest absolute Gasteiger partial charge is 0.312 e. The summed E-state index contributed by atoms with van der Waals surface area (Å²) < 4.78 is 40.8. The quantitative estimate of drug-likeness (QED) is 0.586. The fraction of sp³-hybridized carbons (Fsp3) is 0.421. The van der Waals surface area contributed by atoms with Gasteiger partial charge >= 0.3 is 6.08 Å². The molecule has 0 unspecified atom stereocenters. The molecule has 0 fully saturated rings. The summed E-state index contributed by atoms with van der Waals surface area (Å²) in [5.74, 6) is 0.609. The summed E-state index contributed by atoms with van der Waals surface area (Å²) in [4.78, 5) is 12.0. The van der Waals surface area contributed by atoms with E-state index in [4.69, 9.17) is 5.73 Å². The molecule has 3 aromatic rings. The zero-order chi connectivity index (χ0) is 20.8. The highest BCUT2D eigenvalue weighted by Gasteiger charge is 2.19. The molecular weight excluding hydrogens is 395 g/mol. The van der Waals surface area contributed by atoms with E-state index in [2.05, 4.69) is 38.7 Å². The van der Waals surface area contributed by atoms with E-state index in [0.29, 0.717) is 17.8 Å².